The molecule has 3 heterocycles. The van der Waals surface area contributed by atoms with Crippen LogP contribution in [0.1, 0.15) is 36.3 Å². The van der Waals surface area contributed by atoms with Gasteiger partial charge in [-0.15, -0.1) is 11.3 Å². The fourth-order valence-corrected chi connectivity index (χ4v) is 4.75. The van der Waals surface area contributed by atoms with Gasteiger partial charge in [0.05, 0.1) is 18.8 Å². The number of amides is 1. The molecule has 1 aliphatic heterocycles. The van der Waals surface area contributed by atoms with Crippen LogP contribution in [0.25, 0.3) is 0 Å². The van der Waals surface area contributed by atoms with Crippen LogP contribution in [0.2, 0.25) is 0 Å². The van der Waals surface area contributed by atoms with E-state index in [1.165, 1.54) is 23.4 Å². The summed E-state index contributed by atoms with van der Waals surface area (Å²) in [6.45, 7) is 2.27. The fraction of sp³-hybridized carbons (Fsp3) is 0.588. The van der Waals surface area contributed by atoms with Crippen LogP contribution >= 0.6 is 11.3 Å². The van der Waals surface area contributed by atoms with Gasteiger partial charge in [0.25, 0.3) is 0 Å². The number of nitrogens with zero attached hydrogens (tertiary/aromatic N) is 4. The lowest BCUT2D eigenvalue weighted by Gasteiger charge is -2.23. The average Bonchev–Trinajstić information content (AvgIpc) is 3.29. The number of hydrogen-bond acceptors (Lipinski definition) is 5. The van der Waals surface area contributed by atoms with Gasteiger partial charge in [-0.3, -0.25) is 14.4 Å². The summed E-state index contributed by atoms with van der Waals surface area (Å²) >= 11 is 1.65. The quantitative estimate of drug-likeness (QED) is 0.903. The van der Waals surface area contributed by atoms with Gasteiger partial charge in [0.1, 0.15) is 0 Å². The Morgan fingerprint density at radius 1 is 1.33 bits per heavy atom. The lowest BCUT2D eigenvalue weighted by molar-refractivity contribution is -0.117. The number of aromatic nitrogens is 3. The first kappa shape index (κ1) is 15.8. The molecule has 0 radical (unpaired) electrons. The number of aryl methyl sites for hydroxylation is 2. The highest BCUT2D eigenvalue weighted by molar-refractivity contribution is 7.15. The maximum Gasteiger partial charge on any atom is 0.240 e. The lowest BCUT2D eigenvalue weighted by Crippen LogP contribution is -2.39. The maximum atomic E-state index is 12.4. The number of fused-ring (bicyclic) bond motifs is 1. The summed E-state index contributed by atoms with van der Waals surface area (Å²) in [5, 5.41) is 8.06. The second-order valence-corrected chi connectivity index (χ2v) is 7.72. The first-order chi connectivity index (χ1) is 11.8. The molecular weight excluding hydrogens is 322 g/mol. The molecule has 0 spiro atoms. The molecule has 2 aromatic rings. The summed E-state index contributed by atoms with van der Waals surface area (Å²) in [5.41, 5.74) is 1.19. The van der Waals surface area contributed by atoms with Crippen molar-refractivity contribution in [2.45, 2.75) is 51.1 Å². The van der Waals surface area contributed by atoms with Crippen molar-refractivity contribution in [2.24, 2.45) is 0 Å². The van der Waals surface area contributed by atoms with Crippen LogP contribution in [-0.2, 0) is 24.2 Å². The van der Waals surface area contributed by atoms with Gasteiger partial charge < -0.3 is 5.32 Å². The minimum atomic E-state index is 0.0495. The lowest BCUT2D eigenvalue weighted by atomic mass is 10.0. The van der Waals surface area contributed by atoms with Crippen molar-refractivity contribution >= 4 is 22.4 Å². The highest BCUT2D eigenvalue weighted by Crippen LogP contribution is 2.29. The van der Waals surface area contributed by atoms with Crippen LogP contribution in [0.5, 0.6) is 0 Å². The molecule has 1 amide bonds. The summed E-state index contributed by atoms with van der Waals surface area (Å²) < 4.78 is 1.95. The Kier molecular flexibility index (Phi) is 4.62. The number of carbonyl (C=O) groups is 1. The van der Waals surface area contributed by atoms with E-state index in [9.17, 15) is 4.79 Å². The van der Waals surface area contributed by atoms with E-state index in [1.54, 1.807) is 17.5 Å². The third-order valence-electron chi connectivity index (χ3n) is 4.89. The summed E-state index contributed by atoms with van der Waals surface area (Å²) in [7, 11) is 0. The first-order valence-corrected chi connectivity index (χ1v) is 9.59. The average molecular weight is 345 g/mol. The Balaban J connectivity index is 1.34. The molecule has 2 aliphatic rings. The van der Waals surface area contributed by atoms with Crippen molar-refractivity contribution in [2.75, 3.05) is 18.4 Å². The number of carbonyl (C=O) groups excluding carboxylic acids is 1. The zero-order chi connectivity index (χ0) is 16.4. The smallest absolute Gasteiger partial charge is 0.240 e. The zero-order valence-electron chi connectivity index (χ0n) is 13.8. The topological polar surface area (TPSA) is 63.1 Å². The van der Waals surface area contributed by atoms with Gasteiger partial charge in [-0.05, 0) is 51.1 Å². The molecule has 24 heavy (non-hydrogen) atoms. The number of thiazole rings is 1. The Bertz CT molecular complexity index is 672. The molecule has 0 bridgehead atoms. The first-order valence-electron chi connectivity index (χ1n) is 8.78. The van der Waals surface area contributed by atoms with E-state index in [0.29, 0.717) is 12.6 Å². The van der Waals surface area contributed by atoms with E-state index in [0.717, 1.165) is 43.9 Å². The molecule has 2 aromatic heterocycles. The van der Waals surface area contributed by atoms with Crippen molar-refractivity contribution in [3.8, 4) is 0 Å². The van der Waals surface area contributed by atoms with Crippen molar-refractivity contribution < 1.29 is 4.79 Å². The predicted molar refractivity (Wildman–Crippen MR) is 94.2 cm³/mol. The van der Waals surface area contributed by atoms with E-state index in [2.05, 4.69) is 20.3 Å². The van der Waals surface area contributed by atoms with E-state index < -0.39 is 0 Å². The molecule has 1 atom stereocenters. The van der Waals surface area contributed by atoms with Gasteiger partial charge in [-0.1, -0.05) is 0 Å². The Labute approximate surface area is 145 Å². The van der Waals surface area contributed by atoms with E-state index in [-0.39, 0.29) is 5.91 Å². The van der Waals surface area contributed by atoms with Crippen molar-refractivity contribution in [3.63, 3.8) is 0 Å². The second-order valence-electron chi connectivity index (χ2n) is 6.64. The molecular formula is C17H23N5OS. The number of nitrogens with one attached hydrogen (secondary N) is 1. The molecule has 7 heteroatoms. The van der Waals surface area contributed by atoms with Crippen LogP contribution in [0.4, 0.5) is 5.13 Å². The molecule has 1 fully saturated rings. The molecule has 128 valence electrons. The van der Waals surface area contributed by atoms with Crippen LogP contribution in [0.15, 0.2) is 18.5 Å². The minimum Gasteiger partial charge on any atom is -0.301 e. The SMILES string of the molecule is O=C(CN1CCC[C@@H]1Cn1cccn1)Nc1nc2c(s1)CCCC2. The maximum absolute atomic E-state index is 12.4. The third-order valence-corrected chi connectivity index (χ3v) is 5.97. The zero-order valence-corrected chi connectivity index (χ0v) is 14.6. The van der Waals surface area contributed by atoms with Crippen LogP contribution in [0.3, 0.4) is 0 Å². The van der Waals surface area contributed by atoms with E-state index in [4.69, 9.17) is 0 Å². The highest BCUT2D eigenvalue weighted by Gasteiger charge is 2.27. The summed E-state index contributed by atoms with van der Waals surface area (Å²) in [6.07, 6.45) is 10.7. The van der Waals surface area contributed by atoms with Gasteiger partial charge in [0, 0.05) is 23.3 Å². The molecule has 4 rings (SSSR count). The molecule has 0 unspecified atom stereocenters. The summed E-state index contributed by atoms with van der Waals surface area (Å²) in [5.74, 6) is 0.0495. The predicted octanol–water partition coefficient (Wildman–Crippen LogP) is 2.32. The third kappa shape index (κ3) is 3.52. The van der Waals surface area contributed by atoms with Gasteiger partial charge in [-0.25, -0.2) is 4.98 Å². The normalized spacial score (nSPS) is 20.9. The fourth-order valence-electron chi connectivity index (χ4n) is 3.68. The molecule has 1 saturated heterocycles. The number of anilines is 1. The minimum absolute atomic E-state index is 0.0495. The van der Waals surface area contributed by atoms with Gasteiger partial charge in [0.15, 0.2) is 5.13 Å². The van der Waals surface area contributed by atoms with E-state index >= 15 is 0 Å². The van der Waals surface area contributed by atoms with Crippen LogP contribution in [0, 0.1) is 0 Å². The largest absolute Gasteiger partial charge is 0.301 e. The van der Waals surface area contributed by atoms with Crippen LogP contribution < -0.4 is 5.32 Å². The monoisotopic (exact) mass is 345 g/mol. The van der Waals surface area contributed by atoms with Crippen LogP contribution in [-0.4, -0.2) is 44.7 Å². The highest BCUT2D eigenvalue weighted by atomic mass is 32.1. The Morgan fingerprint density at radius 3 is 3.08 bits per heavy atom. The molecule has 1 N–H and O–H groups in total. The number of rotatable bonds is 5. The van der Waals surface area contributed by atoms with Gasteiger partial charge in [0.2, 0.25) is 5.91 Å². The van der Waals surface area contributed by atoms with Gasteiger partial charge >= 0.3 is 0 Å². The van der Waals surface area contributed by atoms with Gasteiger partial charge in [-0.2, -0.15) is 5.10 Å². The molecule has 0 saturated carbocycles. The number of hydrogen-bond donors (Lipinski definition) is 1. The standard InChI is InChI=1S/C17H23N5OS/c23-16(20-17-19-14-6-1-2-7-15(14)24-17)12-21-9-3-5-13(21)11-22-10-4-8-18-22/h4,8,10,13H,1-3,5-7,9,11-12H2,(H,19,20,23)/t13-/m1/s1. The second kappa shape index (κ2) is 7.03. The Hall–Kier alpha value is -1.73. The van der Waals surface area contributed by atoms with Crippen molar-refractivity contribution in [3.05, 3.63) is 29.0 Å². The molecule has 1 aliphatic carbocycles. The van der Waals surface area contributed by atoms with Crippen molar-refractivity contribution in [1.82, 2.24) is 19.7 Å². The molecule has 0 aromatic carbocycles. The Morgan fingerprint density at radius 2 is 2.25 bits per heavy atom. The molecule has 6 nitrogen and oxygen atoms in total. The summed E-state index contributed by atoms with van der Waals surface area (Å²) in [6, 6.07) is 2.33. The number of likely N-dealkylation sites (tertiary alicyclic amines) is 1. The van der Waals surface area contributed by atoms with Crippen molar-refractivity contribution in [1.29, 1.82) is 0 Å². The van der Waals surface area contributed by atoms with E-state index in [1.807, 2.05) is 16.9 Å². The summed E-state index contributed by atoms with van der Waals surface area (Å²) in [4.78, 5) is 20.6.